The third-order valence-electron chi connectivity index (χ3n) is 3.84. The van der Waals surface area contributed by atoms with Gasteiger partial charge in [-0.2, -0.15) is 8.42 Å². The molecule has 0 radical (unpaired) electrons. The number of nitrogens with one attached hydrogen (secondary N) is 1. The molecule has 2 rings (SSSR count). The van der Waals surface area contributed by atoms with Crippen LogP contribution in [-0.2, 0) is 23.8 Å². The number of esters is 1. The van der Waals surface area contributed by atoms with Crippen LogP contribution in [0.1, 0.15) is 22.8 Å². The normalized spacial score (nSPS) is 13.4. The zero-order valence-corrected chi connectivity index (χ0v) is 16.0. The van der Waals surface area contributed by atoms with E-state index in [9.17, 15) is 18.0 Å². The number of carbonyl (C=O) groups is 2. The molecular weight excluding hydrogens is 370 g/mol. The van der Waals surface area contributed by atoms with E-state index in [1.165, 1.54) is 19.1 Å². The lowest BCUT2D eigenvalue weighted by molar-refractivity contribution is -0.145. The third-order valence-corrected chi connectivity index (χ3v) is 5.24. The molecule has 2 aromatic rings. The van der Waals surface area contributed by atoms with Gasteiger partial charge in [0.25, 0.3) is 16.0 Å². The van der Waals surface area contributed by atoms with E-state index >= 15 is 0 Å². The van der Waals surface area contributed by atoms with Crippen molar-refractivity contribution in [2.75, 3.05) is 7.11 Å². The highest BCUT2D eigenvalue weighted by molar-refractivity contribution is 7.86. The van der Waals surface area contributed by atoms with Crippen LogP contribution >= 0.6 is 0 Å². The second-order valence-electron chi connectivity index (χ2n) is 5.91. The minimum absolute atomic E-state index is 0.0436. The monoisotopic (exact) mass is 391 g/mol. The van der Waals surface area contributed by atoms with Gasteiger partial charge < -0.3 is 10.1 Å². The number of methoxy groups -OCH3 is 1. The Kier molecular flexibility index (Phi) is 6.70. The van der Waals surface area contributed by atoms with Gasteiger partial charge in [-0.1, -0.05) is 35.9 Å². The Morgan fingerprint density at radius 2 is 1.59 bits per heavy atom. The SMILES string of the molecule is COC(=O)[C@@H](NC(=O)c1ccccc1)[C@@H](C)OS(=O)(=O)c1ccc(C)cc1. The van der Waals surface area contributed by atoms with Gasteiger partial charge >= 0.3 is 5.97 Å². The fraction of sp³-hybridized carbons (Fsp3) is 0.263. The van der Waals surface area contributed by atoms with E-state index in [0.29, 0.717) is 5.56 Å². The van der Waals surface area contributed by atoms with Gasteiger partial charge in [0.15, 0.2) is 6.04 Å². The van der Waals surface area contributed by atoms with Crippen LogP contribution in [0.2, 0.25) is 0 Å². The summed E-state index contributed by atoms with van der Waals surface area (Å²) in [5.74, 6) is -1.36. The van der Waals surface area contributed by atoms with Crippen LogP contribution in [0.4, 0.5) is 0 Å². The number of hydrogen-bond acceptors (Lipinski definition) is 6. The van der Waals surface area contributed by atoms with E-state index in [4.69, 9.17) is 4.18 Å². The molecule has 0 heterocycles. The van der Waals surface area contributed by atoms with Crippen molar-refractivity contribution in [2.24, 2.45) is 0 Å². The molecule has 0 unspecified atom stereocenters. The highest BCUT2D eigenvalue weighted by Gasteiger charge is 2.33. The quantitative estimate of drug-likeness (QED) is 0.573. The molecule has 0 fully saturated rings. The molecule has 2 atom stereocenters. The van der Waals surface area contributed by atoms with E-state index in [1.807, 2.05) is 6.92 Å². The molecule has 144 valence electrons. The summed E-state index contributed by atoms with van der Waals surface area (Å²) < 4.78 is 34.7. The van der Waals surface area contributed by atoms with Crippen LogP contribution in [0, 0.1) is 6.92 Å². The topological polar surface area (TPSA) is 98.8 Å². The van der Waals surface area contributed by atoms with E-state index in [-0.39, 0.29) is 4.90 Å². The van der Waals surface area contributed by atoms with Gasteiger partial charge in [0, 0.05) is 5.56 Å². The van der Waals surface area contributed by atoms with Gasteiger partial charge in [-0.3, -0.25) is 8.98 Å². The lowest BCUT2D eigenvalue weighted by Crippen LogP contribution is -2.49. The molecule has 1 amide bonds. The Labute approximate surface area is 158 Å². The van der Waals surface area contributed by atoms with E-state index in [0.717, 1.165) is 12.7 Å². The van der Waals surface area contributed by atoms with Crippen LogP contribution in [0.5, 0.6) is 0 Å². The number of rotatable bonds is 7. The molecule has 27 heavy (non-hydrogen) atoms. The number of amides is 1. The van der Waals surface area contributed by atoms with Crippen molar-refractivity contribution in [1.82, 2.24) is 5.32 Å². The summed E-state index contributed by atoms with van der Waals surface area (Å²) >= 11 is 0. The van der Waals surface area contributed by atoms with E-state index in [1.54, 1.807) is 42.5 Å². The summed E-state index contributed by atoms with van der Waals surface area (Å²) in [7, 11) is -2.98. The molecule has 0 aliphatic rings. The lowest BCUT2D eigenvalue weighted by Gasteiger charge is -2.22. The predicted molar refractivity (Wildman–Crippen MR) is 98.6 cm³/mol. The van der Waals surface area contributed by atoms with Crippen LogP contribution < -0.4 is 5.32 Å². The molecule has 1 N–H and O–H groups in total. The third kappa shape index (κ3) is 5.38. The number of aryl methyl sites for hydroxylation is 1. The summed E-state index contributed by atoms with van der Waals surface area (Å²) in [5.41, 5.74) is 1.21. The van der Waals surface area contributed by atoms with Crippen LogP contribution in [0.3, 0.4) is 0 Å². The highest BCUT2D eigenvalue weighted by atomic mass is 32.2. The van der Waals surface area contributed by atoms with Crippen molar-refractivity contribution in [2.45, 2.75) is 30.9 Å². The molecule has 0 saturated carbocycles. The van der Waals surface area contributed by atoms with Gasteiger partial charge in [-0.25, -0.2) is 4.79 Å². The fourth-order valence-corrected chi connectivity index (χ4v) is 3.42. The lowest BCUT2D eigenvalue weighted by atomic mass is 10.1. The molecule has 0 aliphatic carbocycles. The smallest absolute Gasteiger partial charge is 0.331 e. The summed E-state index contributed by atoms with van der Waals surface area (Å²) in [6.07, 6.45) is -1.18. The summed E-state index contributed by atoms with van der Waals surface area (Å²) in [4.78, 5) is 24.4. The molecular formula is C19H21NO6S. The Bertz CT molecular complexity index is 894. The second-order valence-corrected chi connectivity index (χ2v) is 7.48. The maximum atomic E-state index is 12.4. The zero-order chi connectivity index (χ0) is 20.0. The average molecular weight is 391 g/mol. The van der Waals surface area contributed by atoms with Crippen molar-refractivity contribution in [3.8, 4) is 0 Å². The van der Waals surface area contributed by atoms with Crippen molar-refractivity contribution in [1.29, 1.82) is 0 Å². The molecule has 0 aliphatic heterocycles. The summed E-state index contributed by atoms with van der Waals surface area (Å²) in [5, 5.41) is 2.46. The first kappa shape index (κ1) is 20.6. The Balaban J connectivity index is 2.19. The van der Waals surface area contributed by atoms with Gasteiger partial charge in [-0.15, -0.1) is 0 Å². The van der Waals surface area contributed by atoms with E-state index in [2.05, 4.69) is 10.1 Å². The van der Waals surface area contributed by atoms with Crippen LogP contribution in [0.15, 0.2) is 59.5 Å². The summed E-state index contributed by atoms with van der Waals surface area (Å²) in [6, 6.07) is 13.0. The zero-order valence-electron chi connectivity index (χ0n) is 15.2. The molecule has 0 spiro atoms. The van der Waals surface area contributed by atoms with Gasteiger partial charge in [0.2, 0.25) is 0 Å². The summed E-state index contributed by atoms with van der Waals surface area (Å²) in [6.45, 7) is 3.20. The van der Waals surface area contributed by atoms with E-state index < -0.39 is 34.1 Å². The van der Waals surface area contributed by atoms with Gasteiger partial charge in [-0.05, 0) is 38.1 Å². The minimum atomic E-state index is -4.12. The Hall–Kier alpha value is -2.71. The molecule has 8 heteroatoms. The first-order valence-corrected chi connectivity index (χ1v) is 9.59. The number of hydrogen-bond donors (Lipinski definition) is 1. The van der Waals surface area contributed by atoms with Gasteiger partial charge in [0.1, 0.15) is 6.10 Å². The first-order valence-electron chi connectivity index (χ1n) is 8.18. The second kappa shape index (κ2) is 8.79. The first-order chi connectivity index (χ1) is 12.7. The molecule has 0 bridgehead atoms. The number of benzene rings is 2. The largest absolute Gasteiger partial charge is 0.467 e. The Morgan fingerprint density at radius 1 is 1.00 bits per heavy atom. The van der Waals surface area contributed by atoms with Gasteiger partial charge in [0.05, 0.1) is 12.0 Å². The standard InChI is InChI=1S/C19H21NO6S/c1-13-9-11-16(12-10-13)27(23,24)26-14(2)17(19(22)25-3)20-18(21)15-7-5-4-6-8-15/h4-12,14,17H,1-3H3,(H,20,21)/t14-,17+/m1/s1. The maximum Gasteiger partial charge on any atom is 0.331 e. The van der Waals surface area contributed by atoms with Crippen LogP contribution in [0.25, 0.3) is 0 Å². The Morgan fingerprint density at radius 3 is 2.15 bits per heavy atom. The van der Waals surface area contributed by atoms with Crippen molar-refractivity contribution >= 4 is 22.0 Å². The molecule has 0 saturated heterocycles. The molecule has 0 aromatic heterocycles. The fourth-order valence-electron chi connectivity index (χ4n) is 2.32. The van der Waals surface area contributed by atoms with Crippen molar-refractivity contribution < 1.29 is 26.9 Å². The average Bonchev–Trinajstić information content (AvgIpc) is 2.65. The predicted octanol–water partition coefficient (Wildman–Crippen LogP) is 2.06. The van der Waals surface area contributed by atoms with Crippen molar-refractivity contribution in [3.63, 3.8) is 0 Å². The van der Waals surface area contributed by atoms with Crippen LogP contribution in [-0.4, -0.2) is 39.5 Å². The molecule has 7 nitrogen and oxygen atoms in total. The minimum Gasteiger partial charge on any atom is -0.467 e. The highest BCUT2D eigenvalue weighted by Crippen LogP contribution is 2.17. The molecule has 2 aromatic carbocycles. The maximum absolute atomic E-state index is 12.4. The number of carbonyl (C=O) groups excluding carboxylic acids is 2. The van der Waals surface area contributed by atoms with Crippen molar-refractivity contribution in [3.05, 3.63) is 65.7 Å². The number of ether oxygens (including phenoxy) is 1.